The number of benzene rings is 1. The van der Waals surface area contributed by atoms with Gasteiger partial charge >= 0.3 is 0 Å². The Morgan fingerprint density at radius 1 is 1.20 bits per heavy atom. The van der Waals surface area contributed by atoms with Crippen molar-refractivity contribution in [1.29, 1.82) is 0 Å². The van der Waals surface area contributed by atoms with Crippen molar-refractivity contribution in [3.8, 4) is 17.1 Å². The summed E-state index contributed by atoms with van der Waals surface area (Å²) in [6, 6.07) is 11.8. The summed E-state index contributed by atoms with van der Waals surface area (Å²) in [5.41, 5.74) is 8.04. The standard InChI is InChI=1S/C25H29N7O3/c1-16-15-34-8-7-32(16)25-30-21(18-13-27-24(26)28-14-18)12-23(31-25)35-20-10-19(11-20)29-22(33)9-17-5-3-2-4-6-17/h2-6,12-14,16,19-20H,7-11,15H2,1H3,(H,29,33)(H2,26,27,28)/t16-,19-,20-/m0/s1. The number of morpholine rings is 1. The first-order chi connectivity index (χ1) is 17.0. The zero-order valence-electron chi connectivity index (χ0n) is 19.6. The second-order valence-corrected chi connectivity index (χ2v) is 8.98. The van der Waals surface area contributed by atoms with Crippen molar-refractivity contribution >= 4 is 17.8 Å². The third kappa shape index (κ3) is 5.65. The van der Waals surface area contributed by atoms with Crippen LogP contribution in [0.5, 0.6) is 5.88 Å². The maximum Gasteiger partial charge on any atom is 0.229 e. The number of carbonyl (C=O) groups is 1. The van der Waals surface area contributed by atoms with Crippen molar-refractivity contribution < 1.29 is 14.3 Å². The average Bonchev–Trinajstić information content (AvgIpc) is 2.84. The van der Waals surface area contributed by atoms with Gasteiger partial charge in [-0.15, -0.1) is 0 Å². The number of rotatable bonds is 7. The SMILES string of the molecule is C[C@H]1COCCN1c1nc(O[C@H]2C[C@H](NC(=O)Cc3ccccc3)C2)cc(-c2cnc(N)nc2)n1. The number of amides is 1. The van der Waals surface area contributed by atoms with Crippen LogP contribution in [0, 0.1) is 0 Å². The number of nitrogens with two attached hydrogens (primary N) is 1. The minimum Gasteiger partial charge on any atom is -0.474 e. The van der Waals surface area contributed by atoms with E-state index >= 15 is 0 Å². The Labute approximate surface area is 203 Å². The second kappa shape index (κ2) is 10.2. The van der Waals surface area contributed by atoms with Crippen LogP contribution in [0.4, 0.5) is 11.9 Å². The Balaban J connectivity index is 1.26. The summed E-state index contributed by atoms with van der Waals surface area (Å²) in [4.78, 5) is 32.1. The summed E-state index contributed by atoms with van der Waals surface area (Å²) in [7, 11) is 0. The number of nitrogen functional groups attached to an aromatic ring is 1. The molecule has 2 aliphatic rings. The molecule has 1 saturated heterocycles. The molecule has 1 atom stereocenters. The number of nitrogens with zero attached hydrogens (tertiary/aromatic N) is 5. The fourth-order valence-corrected chi connectivity index (χ4v) is 4.25. The van der Waals surface area contributed by atoms with Crippen molar-refractivity contribution in [1.82, 2.24) is 25.3 Å². The zero-order valence-corrected chi connectivity index (χ0v) is 19.6. The fraction of sp³-hybridized carbons (Fsp3) is 0.400. The lowest BCUT2D eigenvalue weighted by Crippen LogP contribution is -2.49. The van der Waals surface area contributed by atoms with E-state index in [2.05, 4.69) is 27.1 Å². The van der Waals surface area contributed by atoms with Gasteiger partial charge in [-0.25, -0.2) is 15.0 Å². The van der Waals surface area contributed by atoms with Gasteiger partial charge in [-0.2, -0.15) is 4.98 Å². The van der Waals surface area contributed by atoms with Crippen molar-refractivity contribution in [3.63, 3.8) is 0 Å². The van der Waals surface area contributed by atoms with Crippen molar-refractivity contribution in [2.75, 3.05) is 30.4 Å². The first-order valence-electron chi connectivity index (χ1n) is 11.8. The molecule has 1 saturated carbocycles. The van der Waals surface area contributed by atoms with Crippen LogP contribution in [-0.2, 0) is 16.0 Å². The number of hydrogen-bond donors (Lipinski definition) is 2. The lowest BCUT2D eigenvalue weighted by Gasteiger charge is -2.36. The van der Waals surface area contributed by atoms with Crippen LogP contribution in [0.3, 0.4) is 0 Å². The number of aromatic nitrogens is 4. The highest BCUT2D eigenvalue weighted by Gasteiger charge is 2.33. The quantitative estimate of drug-likeness (QED) is 0.527. The molecule has 1 aliphatic heterocycles. The van der Waals surface area contributed by atoms with Gasteiger partial charge in [0, 0.05) is 49.5 Å². The molecule has 5 rings (SSSR count). The van der Waals surface area contributed by atoms with E-state index in [1.807, 2.05) is 30.3 Å². The van der Waals surface area contributed by atoms with Crippen LogP contribution in [0.25, 0.3) is 11.3 Å². The third-order valence-electron chi connectivity index (χ3n) is 6.24. The molecular formula is C25H29N7O3. The first kappa shape index (κ1) is 23.0. The van der Waals surface area contributed by atoms with Gasteiger partial charge < -0.3 is 25.4 Å². The number of anilines is 2. The highest BCUT2D eigenvalue weighted by atomic mass is 16.5. The second-order valence-electron chi connectivity index (χ2n) is 8.98. The van der Waals surface area contributed by atoms with E-state index < -0.39 is 0 Å². The molecule has 2 aromatic heterocycles. The van der Waals surface area contributed by atoms with Crippen molar-refractivity contribution in [2.24, 2.45) is 0 Å². The molecule has 0 bridgehead atoms. The maximum atomic E-state index is 12.3. The molecule has 1 aliphatic carbocycles. The van der Waals surface area contributed by atoms with Gasteiger partial charge in [0.15, 0.2) is 0 Å². The van der Waals surface area contributed by atoms with Gasteiger partial charge in [0.25, 0.3) is 0 Å². The largest absolute Gasteiger partial charge is 0.474 e. The first-order valence-corrected chi connectivity index (χ1v) is 11.8. The summed E-state index contributed by atoms with van der Waals surface area (Å²) in [6.07, 6.45) is 5.09. The normalized spacial score (nSPS) is 21.7. The van der Waals surface area contributed by atoms with E-state index in [0.717, 1.165) is 24.0 Å². The molecule has 3 aromatic rings. The van der Waals surface area contributed by atoms with Gasteiger partial charge in [-0.1, -0.05) is 30.3 Å². The predicted molar refractivity (Wildman–Crippen MR) is 131 cm³/mol. The van der Waals surface area contributed by atoms with Crippen molar-refractivity contribution in [2.45, 2.75) is 44.4 Å². The van der Waals surface area contributed by atoms with Gasteiger partial charge in [0.05, 0.1) is 31.4 Å². The summed E-state index contributed by atoms with van der Waals surface area (Å²) < 4.78 is 11.8. The summed E-state index contributed by atoms with van der Waals surface area (Å²) in [5, 5.41) is 3.09. The maximum absolute atomic E-state index is 12.3. The van der Waals surface area contributed by atoms with Gasteiger partial charge in [0.1, 0.15) is 6.10 Å². The fourth-order valence-electron chi connectivity index (χ4n) is 4.25. The van der Waals surface area contributed by atoms with Gasteiger partial charge in [0.2, 0.25) is 23.7 Å². The molecule has 10 heteroatoms. The van der Waals surface area contributed by atoms with Crippen LogP contribution < -0.4 is 20.7 Å². The van der Waals surface area contributed by atoms with E-state index in [0.29, 0.717) is 43.7 Å². The van der Waals surface area contributed by atoms with E-state index in [1.165, 1.54) is 0 Å². The Hall–Kier alpha value is -3.79. The molecule has 3 heterocycles. The minimum atomic E-state index is -0.0302. The number of ether oxygens (including phenoxy) is 2. The Morgan fingerprint density at radius 3 is 2.71 bits per heavy atom. The Morgan fingerprint density at radius 2 is 1.97 bits per heavy atom. The molecule has 1 amide bonds. The van der Waals surface area contributed by atoms with Gasteiger partial charge in [-0.05, 0) is 12.5 Å². The lowest BCUT2D eigenvalue weighted by molar-refractivity contribution is -0.122. The molecule has 10 nitrogen and oxygen atoms in total. The van der Waals surface area contributed by atoms with Crippen LogP contribution in [0.1, 0.15) is 25.3 Å². The van der Waals surface area contributed by atoms with E-state index in [9.17, 15) is 4.79 Å². The average molecular weight is 476 g/mol. The number of hydrogen-bond acceptors (Lipinski definition) is 9. The summed E-state index contributed by atoms with van der Waals surface area (Å²) in [5.74, 6) is 1.30. The van der Waals surface area contributed by atoms with E-state index in [4.69, 9.17) is 25.2 Å². The minimum absolute atomic E-state index is 0.0240. The topological polar surface area (TPSA) is 128 Å². The Kier molecular flexibility index (Phi) is 6.71. The van der Waals surface area contributed by atoms with Crippen LogP contribution in [0.15, 0.2) is 48.8 Å². The van der Waals surface area contributed by atoms with E-state index in [1.54, 1.807) is 18.5 Å². The molecule has 35 heavy (non-hydrogen) atoms. The Bertz CT molecular complexity index is 1150. The van der Waals surface area contributed by atoms with Crippen LogP contribution >= 0.6 is 0 Å². The molecule has 2 fully saturated rings. The summed E-state index contributed by atoms with van der Waals surface area (Å²) in [6.45, 7) is 4.01. The molecule has 1 aromatic carbocycles. The highest BCUT2D eigenvalue weighted by molar-refractivity contribution is 5.79. The third-order valence-corrected chi connectivity index (χ3v) is 6.24. The smallest absolute Gasteiger partial charge is 0.229 e. The molecule has 0 unspecified atom stereocenters. The van der Waals surface area contributed by atoms with Gasteiger partial charge in [-0.3, -0.25) is 4.79 Å². The molecule has 3 N–H and O–H groups in total. The predicted octanol–water partition coefficient (Wildman–Crippen LogP) is 2.01. The number of nitrogens with one attached hydrogen (secondary N) is 1. The lowest BCUT2D eigenvalue weighted by atomic mass is 9.89. The monoisotopic (exact) mass is 475 g/mol. The molecule has 0 spiro atoms. The highest BCUT2D eigenvalue weighted by Crippen LogP contribution is 2.30. The zero-order chi connectivity index (χ0) is 24.2. The van der Waals surface area contributed by atoms with E-state index in [-0.39, 0.29) is 30.0 Å². The van der Waals surface area contributed by atoms with Crippen molar-refractivity contribution in [3.05, 3.63) is 54.4 Å². The van der Waals surface area contributed by atoms with Crippen LogP contribution in [0.2, 0.25) is 0 Å². The van der Waals surface area contributed by atoms with Crippen LogP contribution in [-0.4, -0.2) is 63.8 Å². The summed E-state index contributed by atoms with van der Waals surface area (Å²) >= 11 is 0. The molecular weight excluding hydrogens is 446 g/mol. The molecule has 182 valence electrons. The number of carbonyl (C=O) groups excluding carboxylic acids is 1. The molecule has 0 radical (unpaired) electrons.